The molecule has 0 aliphatic heterocycles. The number of benzene rings is 1. The zero-order valence-electron chi connectivity index (χ0n) is 14.9. The molecule has 0 unspecified atom stereocenters. The Morgan fingerprint density at radius 1 is 1.37 bits per heavy atom. The zero-order valence-corrected chi connectivity index (χ0v) is 16.5. The number of nitrogens with one attached hydrogen (secondary N) is 2. The standard InChI is InChI=1S/C17H20ClN5O3S/c1-10(15(24)20-16(25)19-2)27-17-22-21-14(23(17)11-7-8-11)9-26-13-6-4-3-5-12(13)18/h3-6,10-11H,7-9H2,1-2H3,(H2,19,20,24,25)/t10-/m1/s1. The zero-order chi connectivity index (χ0) is 19.4. The van der Waals surface area contributed by atoms with Crippen LogP contribution >= 0.6 is 23.4 Å². The summed E-state index contributed by atoms with van der Waals surface area (Å²) in [6.45, 7) is 1.95. The first-order chi connectivity index (χ1) is 13.0. The Kier molecular flexibility index (Phi) is 6.22. The summed E-state index contributed by atoms with van der Waals surface area (Å²) in [6, 6.07) is 7.01. The third kappa shape index (κ3) is 4.92. The molecule has 1 aliphatic carbocycles. The van der Waals surface area contributed by atoms with Gasteiger partial charge in [0.15, 0.2) is 11.0 Å². The van der Waals surface area contributed by atoms with E-state index in [0.29, 0.717) is 27.8 Å². The van der Waals surface area contributed by atoms with E-state index in [0.717, 1.165) is 12.8 Å². The molecule has 1 aromatic carbocycles. The van der Waals surface area contributed by atoms with Gasteiger partial charge in [0.25, 0.3) is 0 Å². The smallest absolute Gasteiger partial charge is 0.321 e. The van der Waals surface area contributed by atoms with Crippen molar-refractivity contribution in [2.75, 3.05) is 7.05 Å². The van der Waals surface area contributed by atoms with Crippen molar-refractivity contribution in [1.82, 2.24) is 25.4 Å². The number of halogens is 1. The van der Waals surface area contributed by atoms with E-state index < -0.39 is 17.2 Å². The average molecular weight is 410 g/mol. The normalized spacial score (nSPS) is 14.5. The summed E-state index contributed by atoms with van der Waals surface area (Å²) in [7, 11) is 1.45. The number of nitrogens with zero attached hydrogens (tertiary/aromatic N) is 3. The van der Waals surface area contributed by atoms with Gasteiger partial charge in [-0.1, -0.05) is 35.5 Å². The molecule has 144 valence electrons. The van der Waals surface area contributed by atoms with Gasteiger partial charge in [0, 0.05) is 13.1 Å². The fourth-order valence-electron chi connectivity index (χ4n) is 2.38. The Labute approximate surface area is 166 Å². The highest BCUT2D eigenvalue weighted by Crippen LogP contribution is 2.39. The summed E-state index contributed by atoms with van der Waals surface area (Å²) >= 11 is 7.38. The Morgan fingerprint density at radius 2 is 2.11 bits per heavy atom. The molecule has 1 heterocycles. The minimum Gasteiger partial charge on any atom is -0.484 e. The lowest BCUT2D eigenvalue weighted by Gasteiger charge is -2.13. The van der Waals surface area contributed by atoms with Crippen LogP contribution in [0.25, 0.3) is 0 Å². The second-order valence-corrected chi connectivity index (χ2v) is 7.76. The first-order valence-electron chi connectivity index (χ1n) is 8.50. The third-order valence-corrected chi connectivity index (χ3v) is 5.32. The van der Waals surface area contributed by atoms with Crippen LogP contribution in [0.1, 0.15) is 31.6 Å². The second kappa shape index (κ2) is 8.62. The molecule has 10 heteroatoms. The molecule has 27 heavy (non-hydrogen) atoms. The van der Waals surface area contributed by atoms with Gasteiger partial charge in [0.2, 0.25) is 5.91 Å². The molecule has 0 radical (unpaired) electrons. The van der Waals surface area contributed by atoms with Gasteiger partial charge in [-0.2, -0.15) is 0 Å². The van der Waals surface area contributed by atoms with Crippen LogP contribution in [-0.4, -0.2) is 39.0 Å². The van der Waals surface area contributed by atoms with E-state index in [2.05, 4.69) is 20.8 Å². The number of hydrogen-bond donors (Lipinski definition) is 2. The number of amides is 3. The van der Waals surface area contributed by atoms with Gasteiger partial charge < -0.3 is 10.1 Å². The number of carbonyl (C=O) groups excluding carboxylic acids is 2. The van der Waals surface area contributed by atoms with E-state index in [1.807, 2.05) is 16.7 Å². The number of rotatable bonds is 7. The predicted octanol–water partition coefficient (Wildman–Crippen LogP) is 2.78. The number of para-hydroxylation sites is 1. The second-order valence-electron chi connectivity index (χ2n) is 6.05. The third-order valence-electron chi connectivity index (χ3n) is 3.96. The largest absolute Gasteiger partial charge is 0.484 e. The van der Waals surface area contributed by atoms with Crippen LogP contribution in [0.4, 0.5) is 4.79 Å². The highest BCUT2D eigenvalue weighted by atomic mass is 35.5. The van der Waals surface area contributed by atoms with Gasteiger partial charge in [0.1, 0.15) is 12.4 Å². The minimum atomic E-state index is -0.537. The van der Waals surface area contributed by atoms with Crippen LogP contribution in [0.15, 0.2) is 29.4 Å². The molecule has 1 aliphatic rings. The van der Waals surface area contributed by atoms with E-state index in [-0.39, 0.29) is 6.61 Å². The molecular formula is C17H20ClN5O3S. The van der Waals surface area contributed by atoms with Gasteiger partial charge in [-0.25, -0.2) is 4.79 Å². The van der Waals surface area contributed by atoms with Crippen LogP contribution in [-0.2, 0) is 11.4 Å². The van der Waals surface area contributed by atoms with Crippen molar-refractivity contribution in [1.29, 1.82) is 0 Å². The van der Waals surface area contributed by atoms with Crippen LogP contribution in [0.5, 0.6) is 5.75 Å². The van der Waals surface area contributed by atoms with Crippen LogP contribution in [0.3, 0.4) is 0 Å². The summed E-state index contributed by atoms with van der Waals surface area (Å²) in [5, 5.41) is 13.7. The van der Waals surface area contributed by atoms with Gasteiger partial charge >= 0.3 is 6.03 Å². The number of thioether (sulfide) groups is 1. The minimum absolute atomic E-state index is 0.229. The Bertz CT molecular complexity index is 840. The molecule has 0 bridgehead atoms. The molecule has 3 rings (SSSR count). The van der Waals surface area contributed by atoms with E-state index in [1.165, 1.54) is 18.8 Å². The molecule has 1 saturated carbocycles. The summed E-state index contributed by atoms with van der Waals surface area (Å²) in [5.74, 6) is 0.870. The van der Waals surface area contributed by atoms with Crippen molar-refractivity contribution >= 4 is 35.3 Å². The van der Waals surface area contributed by atoms with Crippen LogP contribution in [0, 0.1) is 0 Å². The highest BCUT2D eigenvalue weighted by Gasteiger charge is 2.31. The van der Waals surface area contributed by atoms with E-state index in [4.69, 9.17) is 16.3 Å². The Balaban J connectivity index is 1.69. The molecule has 2 aromatic rings. The summed E-state index contributed by atoms with van der Waals surface area (Å²) in [4.78, 5) is 23.4. The molecule has 2 N–H and O–H groups in total. The maximum absolute atomic E-state index is 12.1. The van der Waals surface area contributed by atoms with E-state index in [9.17, 15) is 9.59 Å². The molecule has 0 spiro atoms. The maximum atomic E-state index is 12.1. The number of hydrogen-bond acceptors (Lipinski definition) is 6. The lowest BCUT2D eigenvalue weighted by Crippen LogP contribution is -2.41. The van der Waals surface area contributed by atoms with Crippen molar-refractivity contribution in [3.8, 4) is 5.75 Å². The number of imide groups is 1. The molecule has 3 amide bonds. The summed E-state index contributed by atoms with van der Waals surface area (Å²) < 4.78 is 7.78. The van der Waals surface area contributed by atoms with Gasteiger partial charge in [-0.3, -0.25) is 14.7 Å². The van der Waals surface area contributed by atoms with Gasteiger partial charge in [0.05, 0.1) is 10.3 Å². The van der Waals surface area contributed by atoms with Crippen molar-refractivity contribution < 1.29 is 14.3 Å². The van der Waals surface area contributed by atoms with E-state index in [1.54, 1.807) is 19.1 Å². The monoisotopic (exact) mass is 409 g/mol. The lowest BCUT2D eigenvalue weighted by atomic mass is 10.3. The van der Waals surface area contributed by atoms with Crippen molar-refractivity contribution in [2.24, 2.45) is 0 Å². The van der Waals surface area contributed by atoms with Crippen molar-refractivity contribution in [3.05, 3.63) is 35.1 Å². The van der Waals surface area contributed by atoms with Gasteiger partial charge in [-0.15, -0.1) is 10.2 Å². The molecule has 8 nitrogen and oxygen atoms in total. The topological polar surface area (TPSA) is 98.1 Å². The quantitative estimate of drug-likeness (QED) is 0.682. The number of urea groups is 1. The lowest BCUT2D eigenvalue weighted by molar-refractivity contribution is -0.119. The fourth-order valence-corrected chi connectivity index (χ4v) is 3.51. The van der Waals surface area contributed by atoms with Crippen LogP contribution < -0.4 is 15.4 Å². The average Bonchev–Trinajstić information content (AvgIpc) is 3.42. The number of aromatic nitrogens is 3. The molecule has 0 saturated heterocycles. The first-order valence-corrected chi connectivity index (χ1v) is 9.75. The summed E-state index contributed by atoms with van der Waals surface area (Å²) in [5.41, 5.74) is 0. The number of carbonyl (C=O) groups is 2. The molecule has 1 aromatic heterocycles. The Hall–Kier alpha value is -2.26. The molecule has 1 fully saturated rings. The molecule has 1 atom stereocenters. The first kappa shape index (κ1) is 19.5. The predicted molar refractivity (Wildman–Crippen MR) is 102 cm³/mol. The fraction of sp³-hybridized carbons (Fsp3) is 0.412. The summed E-state index contributed by atoms with van der Waals surface area (Å²) in [6.07, 6.45) is 2.06. The van der Waals surface area contributed by atoms with Crippen molar-refractivity contribution in [2.45, 2.75) is 42.8 Å². The maximum Gasteiger partial charge on any atom is 0.321 e. The van der Waals surface area contributed by atoms with E-state index >= 15 is 0 Å². The Morgan fingerprint density at radius 3 is 2.78 bits per heavy atom. The SMILES string of the molecule is CNC(=O)NC(=O)[C@@H](C)Sc1nnc(COc2ccccc2Cl)n1C1CC1. The molecular weight excluding hydrogens is 390 g/mol. The highest BCUT2D eigenvalue weighted by molar-refractivity contribution is 8.00. The number of ether oxygens (including phenoxy) is 1. The van der Waals surface area contributed by atoms with Crippen LogP contribution in [0.2, 0.25) is 5.02 Å². The van der Waals surface area contributed by atoms with Gasteiger partial charge in [-0.05, 0) is 31.9 Å². The van der Waals surface area contributed by atoms with Crippen molar-refractivity contribution in [3.63, 3.8) is 0 Å².